The Morgan fingerprint density at radius 1 is 0.642 bits per heavy atom. The van der Waals surface area contributed by atoms with E-state index >= 15 is 0 Å². The van der Waals surface area contributed by atoms with Crippen LogP contribution in [0, 0.1) is 37.0 Å². The molecular formula is C38H56N4O11. The maximum absolute atomic E-state index is 13.5. The molecule has 0 spiro atoms. The number of aliphatic hydroxyl groups excluding tert-OH is 1. The molecule has 0 saturated heterocycles. The van der Waals surface area contributed by atoms with Crippen molar-refractivity contribution in [3.63, 3.8) is 0 Å². The van der Waals surface area contributed by atoms with Crippen molar-refractivity contribution in [3.05, 3.63) is 29.8 Å². The summed E-state index contributed by atoms with van der Waals surface area (Å²) in [6, 6.07) is 5.72. The van der Waals surface area contributed by atoms with Gasteiger partial charge in [-0.1, -0.05) is 17.8 Å². The maximum atomic E-state index is 13.5. The van der Waals surface area contributed by atoms with Crippen LogP contribution in [-0.4, -0.2) is 139 Å². The zero-order valence-electron chi connectivity index (χ0n) is 30.5. The fourth-order valence-electron chi connectivity index (χ4n) is 4.76. The van der Waals surface area contributed by atoms with E-state index in [9.17, 15) is 24.6 Å². The molecule has 0 aliphatic carbocycles. The van der Waals surface area contributed by atoms with Crippen molar-refractivity contribution in [2.75, 3.05) is 98.9 Å². The number of nitrogens with one attached hydrogen (secondary N) is 4. The van der Waals surface area contributed by atoms with Crippen molar-refractivity contribution in [1.29, 1.82) is 0 Å². The van der Waals surface area contributed by atoms with E-state index in [-0.39, 0.29) is 108 Å². The van der Waals surface area contributed by atoms with E-state index in [1.165, 1.54) is 24.3 Å². The molecule has 0 bridgehead atoms. The lowest BCUT2D eigenvalue weighted by Gasteiger charge is -2.36. The van der Waals surface area contributed by atoms with Gasteiger partial charge in [-0.15, -0.1) is 19.3 Å². The number of benzene rings is 1. The molecule has 0 heterocycles. The Morgan fingerprint density at radius 3 is 1.53 bits per heavy atom. The second kappa shape index (κ2) is 31.3. The number of phenols is 1. The van der Waals surface area contributed by atoms with Gasteiger partial charge < -0.3 is 54.6 Å². The van der Waals surface area contributed by atoms with Crippen molar-refractivity contribution in [2.24, 2.45) is 0 Å². The number of carbonyl (C=O) groups excluding carboxylic acids is 3. The lowest BCUT2D eigenvalue weighted by Crippen LogP contribution is -2.51. The minimum absolute atomic E-state index is 0.00688. The molecule has 15 nitrogen and oxygen atoms in total. The van der Waals surface area contributed by atoms with E-state index < -0.39 is 17.7 Å². The Hall–Kier alpha value is -4.21. The molecule has 6 N–H and O–H groups in total. The van der Waals surface area contributed by atoms with Crippen LogP contribution in [0.15, 0.2) is 24.3 Å². The molecule has 15 heteroatoms. The third-order valence-electron chi connectivity index (χ3n) is 7.50. The highest BCUT2D eigenvalue weighted by molar-refractivity contribution is 5.95. The molecule has 0 aromatic heterocycles. The van der Waals surface area contributed by atoms with Crippen LogP contribution in [0.25, 0.3) is 0 Å². The van der Waals surface area contributed by atoms with Crippen LogP contribution >= 0.6 is 0 Å². The van der Waals surface area contributed by atoms with Gasteiger partial charge in [0.2, 0.25) is 11.8 Å². The molecule has 0 aliphatic heterocycles. The lowest BCUT2D eigenvalue weighted by atomic mass is 9.82. The second-order valence-corrected chi connectivity index (χ2v) is 11.6. The van der Waals surface area contributed by atoms with Crippen LogP contribution in [0.5, 0.6) is 5.75 Å². The first kappa shape index (κ1) is 46.8. The number of hydrogen-bond acceptors (Lipinski definition) is 12. The van der Waals surface area contributed by atoms with Gasteiger partial charge in [0, 0.05) is 43.6 Å². The van der Waals surface area contributed by atoms with Crippen molar-refractivity contribution in [1.82, 2.24) is 21.3 Å². The van der Waals surface area contributed by atoms with Gasteiger partial charge in [-0.05, 0) is 49.9 Å². The Morgan fingerprint density at radius 2 is 1.08 bits per heavy atom. The van der Waals surface area contributed by atoms with Crippen molar-refractivity contribution < 1.29 is 53.0 Å². The predicted molar refractivity (Wildman–Crippen MR) is 197 cm³/mol. The highest BCUT2D eigenvalue weighted by atomic mass is 16.5. The summed E-state index contributed by atoms with van der Waals surface area (Å²) >= 11 is 0. The number of aromatic hydroxyl groups is 1. The molecule has 53 heavy (non-hydrogen) atoms. The summed E-state index contributed by atoms with van der Waals surface area (Å²) in [5, 5.41) is 32.2. The van der Waals surface area contributed by atoms with E-state index in [1.807, 2.05) is 0 Å². The quantitative estimate of drug-likeness (QED) is 0.0329. The van der Waals surface area contributed by atoms with E-state index in [4.69, 9.17) is 47.7 Å². The van der Waals surface area contributed by atoms with Gasteiger partial charge in [0.1, 0.15) is 31.8 Å². The highest BCUT2D eigenvalue weighted by Crippen LogP contribution is 2.27. The molecule has 0 radical (unpaired) electrons. The average Bonchev–Trinajstić information content (AvgIpc) is 3.15. The molecule has 1 aromatic carbocycles. The van der Waals surface area contributed by atoms with Crippen molar-refractivity contribution in [2.45, 2.75) is 50.3 Å². The van der Waals surface area contributed by atoms with Crippen LogP contribution in [0.2, 0.25) is 0 Å². The molecule has 0 aliphatic rings. The number of carbonyl (C=O) groups is 3. The first-order valence-corrected chi connectivity index (χ1v) is 17.6. The molecule has 3 amide bonds. The number of phenolic OH excluding ortho intramolecular Hbond substituents is 1. The Balaban J connectivity index is 2.94. The smallest absolute Gasteiger partial charge is 0.251 e. The third-order valence-corrected chi connectivity index (χ3v) is 7.50. The normalized spacial score (nSPS) is 11.5. The van der Waals surface area contributed by atoms with Crippen LogP contribution in [-0.2, 0) is 38.0 Å². The zero-order chi connectivity index (χ0) is 38.8. The monoisotopic (exact) mass is 744 g/mol. The van der Waals surface area contributed by atoms with Gasteiger partial charge in [-0.2, -0.15) is 0 Å². The van der Waals surface area contributed by atoms with Gasteiger partial charge in [0.15, 0.2) is 0 Å². The average molecular weight is 745 g/mol. The summed E-state index contributed by atoms with van der Waals surface area (Å²) in [4.78, 5) is 39.4. The predicted octanol–water partition coefficient (Wildman–Crippen LogP) is 0.341. The maximum Gasteiger partial charge on any atom is 0.251 e. The largest absolute Gasteiger partial charge is 0.508 e. The molecule has 1 atom stereocenters. The van der Waals surface area contributed by atoms with Crippen molar-refractivity contribution in [3.8, 4) is 42.8 Å². The van der Waals surface area contributed by atoms with Crippen LogP contribution < -0.4 is 21.3 Å². The first-order valence-electron chi connectivity index (χ1n) is 17.6. The van der Waals surface area contributed by atoms with E-state index in [1.54, 1.807) is 0 Å². The van der Waals surface area contributed by atoms with Gasteiger partial charge in [0.05, 0.1) is 59.5 Å². The number of aliphatic hydroxyl groups is 1. The number of terminal acetylenes is 3. The van der Waals surface area contributed by atoms with E-state index in [0.29, 0.717) is 52.8 Å². The molecular weight excluding hydrogens is 688 g/mol. The molecule has 1 rings (SSSR count). The van der Waals surface area contributed by atoms with Crippen LogP contribution in [0.3, 0.4) is 0 Å². The number of ether oxygens (including phenoxy) is 6. The number of rotatable bonds is 33. The Kier molecular flexibility index (Phi) is 27.7. The number of amides is 3. The Labute approximate surface area is 313 Å². The van der Waals surface area contributed by atoms with E-state index in [2.05, 4.69) is 39.0 Å². The Bertz CT molecular complexity index is 1230. The minimum atomic E-state index is -1.09. The lowest BCUT2D eigenvalue weighted by molar-refractivity contribution is -0.121. The summed E-state index contributed by atoms with van der Waals surface area (Å²) < 4.78 is 31.9. The fraction of sp³-hybridized carbons (Fsp3) is 0.605. The molecule has 0 saturated carbocycles. The fourth-order valence-corrected chi connectivity index (χ4v) is 4.76. The van der Waals surface area contributed by atoms with Crippen molar-refractivity contribution >= 4 is 17.7 Å². The first-order chi connectivity index (χ1) is 25.7. The highest BCUT2D eigenvalue weighted by Gasteiger charge is 2.34. The summed E-state index contributed by atoms with van der Waals surface area (Å²) in [6.45, 7) is 4.25. The minimum Gasteiger partial charge on any atom is -0.508 e. The SMILES string of the molecule is C#CCOCCOCCNC(=O)CCC(CCC(=O)NCCOCCOCC#C)(CCC(O)NCCOCCOCC#C)NC(=O)c1ccc(O)cc1. The van der Waals surface area contributed by atoms with Crippen LogP contribution in [0.1, 0.15) is 48.9 Å². The zero-order valence-corrected chi connectivity index (χ0v) is 30.5. The number of hydrogen-bond donors (Lipinski definition) is 6. The molecule has 1 aromatic rings. The summed E-state index contributed by atoms with van der Waals surface area (Å²) in [5.74, 6) is 6.08. The standard InChI is InChI=1S/C38H56N4O11/c1-4-20-48-26-29-51-23-17-39-34(44)11-14-38(42-37(47)32-7-9-33(43)10-8-32,15-12-35(45)40-18-24-52-30-27-49-21-5-2)16-13-36(46)41-19-25-53-31-28-50-22-6-3/h1-3,7-10,34,39,43-44H,11-31H2,(H,40,45)(H,41,46)(H,42,47). The van der Waals surface area contributed by atoms with Gasteiger partial charge in [-0.3, -0.25) is 19.7 Å². The van der Waals surface area contributed by atoms with Gasteiger partial charge in [0.25, 0.3) is 5.91 Å². The summed E-state index contributed by atoms with van der Waals surface area (Å²) in [6.07, 6.45) is 15.2. The summed E-state index contributed by atoms with van der Waals surface area (Å²) in [5.41, 5.74) is -0.817. The second-order valence-electron chi connectivity index (χ2n) is 11.6. The summed E-state index contributed by atoms with van der Waals surface area (Å²) in [7, 11) is 0. The van der Waals surface area contributed by atoms with Gasteiger partial charge in [-0.25, -0.2) is 0 Å². The third kappa shape index (κ3) is 25.4. The van der Waals surface area contributed by atoms with Crippen LogP contribution in [0.4, 0.5) is 0 Å². The van der Waals surface area contributed by atoms with Gasteiger partial charge >= 0.3 is 0 Å². The topological polar surface area (TPSA) is 195 Å². The molecule has 294 valence electrons. The molecule has 0 fully saturated rings. The van der Waals surface area contributed by atoms with E-state index in [0.717, 1.165) is 0 Å². The molecule has 1 unspecified atom stereocenters.